The minimum atomic E-state index is -0.283. The first-order valence-electron chi connectivity index (χ1n) is 7.10. The fraction of sp³-hybridized carbons (Fsp3) is 0.188. The van der Waals surface area contributed by atoms with Gasteiger partial charge in [-0.25, -0.2) is 4.39 Å². The van der Waals surface area contributed by atoms with Crippen molar-refractivity contribution in [3.8, 4) is 0 Å². The number of hydrogen-bond donors (Lipinski definition) is 1. The van der Waals surface area contributed by atoms with Crippen LogP contribution in [-0.4, -0.2) is 25.5 Å². The zero-order chi connectivity index (χ0) is 16.4. The molecule has 118 valence electrons. The van der Waals surface area contributed by atoms with Gasteiger partial charge in [0.2, 0.25) is 0 Å². The first-order chi connectivity index (χ1) is 11.0. The van der Waals surface area contributed by atoms with E-state index in [4.69, 9.17) is 0 Å². The number of amides is 1. The maximum Gasteiger partial charge on any atom is 0.274 e. The molecule has 0 saturated heterocycles. The van der Waals surface area contributed by atoms with Gasteiger partial charge in [-0.05, 0) is 30.7 Å². The summed E-state index contributed by atoms with van der Waals surface area (Å²) in [6, 6.07) is 8.04. The summed E-state index contributed by atoms with van der Waals surface area (Å²) in [4.78, 5) is 12.2. The summed E-state index contributed by atoms with van der Waals surface area (Å²) >= 11 is 0. The molecule has 7 heteroatoms. The second kappa shape index (κ2) is 6.04. The van der Waals surface area contributed by atoms with Gasteiger partial charge in [0.15, 0.2) is 0 Å². The molecule has 3 rings (SSSR count). The molecule has 0 bridgehead atoms. The SMILES string of the molecule is Cc1cc(C(=O)Nc2cnn(Cc3cccc(F)c3)c2)n(C)n1. The van der Waals surface area contributed by atoms with Crippen molar-refractivity contribution in [2.45, 2.75) is 13.5 Å². The Bertz CT molecular complexity index is 852. The largest absolute Gasteiger partial charge is 0.318 e. The maximum atomic E-state index is 13.2. The van der Waals surface area contributed by atoms with E-state index >= 15 is 0 Å². The van der Waals surface area contributed by atoms with Crippen LogP contribution >= 0.6 is 0 Å². The van der Waals surface area contributed by atoms with E-state index in [1.807, 2.05) is 13.0 Å². The number of benzene rings is 1. The minimum absolute atomic E-state index is 0.251. The summed E-state index contributed by atoms with van der Waals surface area (Å²) in [5.41, 5.74) is 2.62. The third kappa shape index (κ3) is 3.45. The van der Waals surface area contributed by atoms with E-state index < -0.39 is 0 Å². The van der Waals surface area contributed by atoms with Crippen LogP contribution in [0.25, 0.3) is 0 Å². The molecule has 3 aromatic rings. The quantitative estimate of drug-likeness (QED) is 0.804. The number of carbonyl (C=O) groups excluding carboxylic acids is 1. The van der Waals surface area contributed by atoms with Gasteiger partial charge in [-0.15, -0.1) is 0 Å². The summed E-state index contributed by atoms with van der Waals surface area (Å²) in [7, 11) is 1.72. The average Bonchev–Trinajstić information content (AvgIpc) is 3.05. The molecule has 0 spiro atoms. The minimum Gasteiger partial charge on any atom is -0.318 e. The lowest BCUT2D eigenvalue weighted by atomic mass is 10.2. The monoisotopic (exact) mass is 313 g/mol. The van der Waals surface area contributed by atoms with Gasteiger partial charge in [-0.3, -0.25) is 14.2 Å². The Hall–Kier alpha value is -2.96. The van der Waals surface area contributed by atoms with Crippen LogP contribution in [-0.2, 0) is 13.6 Å². The molecule has 2 aromatic heterocycles. The fourth-order valence-electron chi connectivity index (χ4n) is 2.36. The Kier molecular flexibility index (Phi) is 3.92. The molecular formula is C16H16FN5O. The Labute approximate surface area is 132 Å². The van der Waals surface area contributed by atoms with Gasteiger partial charge < -0.3 is 5.32 Å². The molecule has 6 nitrogen and oxygen atoms in total. The molecule has 0 fully saturated rings. The van der Waals surface area contributed by atoms with Crippen LogP contribution in [0.4, 0.5) is 10.1 Å². The van der Waals surface area contributed by atoms with Crippen LogP contribution in [0.1, 0.15) is 21.7 Å². The summed E-state index contributed by atoms with van der Waals surface area (Å²) in [6.45, 7) is 2.26. The van der Waals surface area contributed by atoms with Gasteiger partial charge in [-0.1, -0.05) is 12.1 Å². The lowest BCUT2D eigenvalue weighted by molar-refractivity contribution is 0.101. The summed E-state index contributed by atoms with van der Waals surface area (Å²) in [5.74, 6) is -0.534. The molecule has 1 N–H and O–H groups in total. The zero-order valence-corrected chi connectivity index (χ0v) is 12.8. The van der Waals surface area contributed by atoms with Gasteiger partial charge in [0.05, 0.1) is 24.1 Å². The van der Waals surface area contributed by atoms with Crippen LogP contribution in [0.3, 0.4) is 0 Å². The van der Waals surface area contributed by atoms with Gasteiger partial charge in [-0.2, -0.15) is 10.2 Å². The highest BCUT2D eigenvalue weighted by atomic mass is 19.1. The highest BCUT2D eigenvalue weighted by Gasteiger charge is 2.12. The van der Waals surface area contributed by atoms with E-state index in [1.54, 1.807) is 36.3 Å². The summed E-state index contributed by atoms with van der Waals surface area (Å²) in [6.07, 6.45) is 3.26. The average molecular weight is 313 g/mol. The van der Waals surface area contributed by atoms with Crippen LogP contribution < -0.4 is 5.32 Å². The first kappa shape index (κ1) is 15.0. The predicted molar refractivity (Wildman–Crippen MR) is 83.6 cm³/mol. The molecule has 0 aliphatic heterocycles. The molecule has 0 radical (unpaired) electrons. The van der Waals surface area contributed by atoms with Crippen molar-refractivity contribution in [1.82, 2.24) is 19.6 Å². The Morgan fingerprint density at radius 1 is 1.35 bits per heavy atom. The smallest absolute Gasteiger partial charge is 0.274 e. The number of rotatable bonds is 4. The second-order valence-corrected chi connectivity index (χ2v) is 5.31. The number of anilines is 1. The van der Waals surface area contributed by atoms with Gasteiger partial charge >= 0.3 is 0 Å². The van der Waals surface area contributed by atoms with E-state index in [-0.39, 0.29) is 11.7 Å². The molecule has 0 atom stereocenters. The zero-order valence-electron chi connectivity index (χ0n) is 12.8. The van der Waals surface area contributed by atoms with Crippen molar-refractivity contribution in [3.63, 3.8) is 0 Å². The number of aromatic nitrogens is 4. The molecule has 0 aliphatic rings. The number of carbonyl (C=O) groups is 1. The van der Waals surface area contributed by atoms with Crippen LogP contribution in [0.5, 0.6) is 0 Å². The van der Waals surface area contributed by atoms with Crippen molar-refractivity contribution in [2.75, 3.05) is 5.32 Å². The number of aryl methyl sites for hydroxylation is 2. The Balaban J connectivity index is 1.70. The normalized spacial score (nSPS) is 10.7. The Morgan fingerprint density at radius 2 is 2.17 bits per heavy atom. The van der Waals surface area contributed by atoms with Gasteiger partial charge in [0, 0.05) is 13.2 Å². The van der Waals surface area contributed by atoms with Gasteiger partial charge in [0.25, 0.3) is 5.91 Å². The van der Waals surface area contributed by atoms with Crippen molar-refractivity contribution < 1.29 is 9.18 Å². The molecule has 0 aliphatic carbocycles. The highest BCUT2D eigenvalue weighted by Crippen LogP contribution is 2.11. The number of nitrogens with one attached hydrogen (secondary N) is 1. The van der Waals surface area contributed by atoms with Crippen LogP contribution in [0, 0.1) is 12.7 Å². The third-order valence-electron chi connectivity index (χ3n) is 3.36. The van der Waals surface area contributed by atoms with Crippen LogP contribution in [0.2, 0.25) is 0 Å². The third-order valence-corrected chi connectivity index (χ3v) is 3.36. The van der Waals surface area contributed by atoms with E-state index in [0.717, 1.165) is 11.3 Å². The molecule has 23 heavy (non-hydrogen) atoms. The first-order valence-corrected chi connectivity index (χ1v) is 7.10. The fourth-order valence-corrected chi connectivity index (χ4v) is 2.36. The standard InChI is InChI=1S/C16H16FN5O/c1-11-6-15(21(2)20-11)16(23)19-14-8-18-22(10-14)9-12-4-3-5-13(17)7-12/h3-8,10H,9H2,1-2H3,(H,19,23). The molecule has 0 unspecified atom stereocenters. The summed E-state index contributed by atoms with van der Waals surface area (Å²) in [5, 5.41) is 11.1. The molecular weight excluding hydrogens is 297 g/mol. The summed E-state index contributed by atoms with van der Waals surface area (Å²) < 4.78 is 16.3. The topological polar surface area (TPSA) is 64.7 Å². The lowest BCUT2D eigenvalue weighted by Crippen LogP contribution is -2.15. The lowest BCUT2D eigenvalue weighted by Gasteiger charge is -2.03. The van der Waals surface area contributed by atoms with Crippen molar-refractivity contribution in [1.29, 1.82) is 0 Å². The van der Waals surface area contributed by atoms with Crippen LogP contribution in [0.15, 0.2) is 42.7 Å². The predicted octanol–water partition coefficient (Wildman–Crippen LogP) is 2.36. The van der Waals surface area contributed by atoms with E-state index in [2.05, 4.69) is 15.5 Å². The highest BCUT2D eigenvalue weighted by molar-refractivity contribution is 6.02. The molecule has 1 amide bonds. The molecule has 0 saturated carbocycles. The second-order valence-electron chi connectivity index (χ2n) is 5.31. The number of hydrogen-bond acceptors (Lipinski definition) is 3. The van der Waals surface area contributed by atoms with Crippen molar-refractivity contribution in [3.05, 3.63) is 65.5 Å². The van der Waals surface area contributed by atoms with E-state index in [1.165, 1.54) is 16.8 Å². The van der Waals surface area contributed by atoms with E-state index in [9.17, 15) is 9.18 Å². The molecule has 2 heterocycles. The van der Waals surface area contributed by atoms with E-state index in [0.29, 0.717) is 17.9 Å². The van der Waals surface area contributed by atoms with Crippen molar-refractivity contribution in [2.24, 2.45) is 7.05 Å². The van der Waals surface area contributed by atoms with Crippen molar-refractivity contribution >= 4 is 11.6 Å². The maximum absolute atomic E-state index is 13.2. The molecule has 1 aromatic carbocycles. The number of halogens is 1. The Morgan fingerprint density at radius 3 is 2.87 bits per heavy atom. The number of nitrogens with zero attached hydrogens (tertiary/aromatic N) is 4. The van der Waals surface area contributed by atoms with Gasteiger partial charge in [0.1, 0.15) is 11.5 Å².